The van der Waals surface area contributed by atoms with Crippen LogP contribution in [0.25, 0.3) is 0 Å². The van der Waals surface area contributed by atoms with E-state index in [2.05, 4.69) is 20.4 Å². The van der Waals surface area contributed by atoms with Gasteiger partial charge >= 0.3 is 0 Å². The SMILES string of the molecule is CC(=O)N1CCCCC(O)(CNCC2CN(c3ccc(C)nn3)C2)C1. The Bertz CT molecular complexity index is 588. The van der Waals surface area contributed by atoms with Gasteiger partial charge in [0.05, 0.1) is 17.8 Å². The summed E-state index contributed by atoms with van der Waals surface area (Å²) in [4.78, 5) is 15.6. The summed E-state index contributed by atoms with van der Waals surface area (Å²) in [6.45, 7) is 8.04. The zero-order valence-corrected chi connectivity index (χ0v) is 15.2. The average Bonchev–Trinajstić information content (AvgIpc) is 2.73. The number of aliphatic hydroxyl groups is 1. The van der Waals surface area contributed by atoms with Crippen molar-refractivity contribution in [3.63, 3.8) is 0 Å². The molecule has 3 heterocycles. The molecule has 0 spiro atoms. The van der Waals surface area contributed by atoms with Gasteiger partial charge in [0.2, 0.25) is 5.91 Å². The molecule has 2 aliphatic heterocycles. The summed E-state index contributed by atoms with van der Waals surface area (Å²) in [6, 6.07) is 3.99. The number of carbonyl (C=O) groups excluding carboxylic acids is 1. The zero-order chi connectivity index (χ0) is 17.9. The van der Waals surface area contributed by atoms with E-state index < -0.39 is 5.60 Å². The van der Waals surface area contributed by atoms with Crippen molar-refractivity contribution < 1.29 is 9.90 Å². The van der Waals surface area contributed by atoms with Gasteiger partial charge in [-0.2, -0.15) is 5.10 Å². The first-order valence-electron chi connectivity index (χ1n) is 9.19. The fourth-order valence-corrected chi connectivity index (χ4v) is 3.64. The summed E-state index contributed by atoms with van der Waals surface area (Å²) in [5.41, 5.74) is 0.118. The second kappa shape index (κ2) is 7.66. The molecule has 1 atom stereocenters. The van der Waals surface area contributed by atoms with E-state index >= 15 is 0 Å². The minimum atomic E-state index is -0.811. The molecular weight excluding hydrogens is 318 g/mol. The van der Waals surface area contributed by atoms with Gasteiger partial charge in [-0.1, -0.05) is 0 Å². The quantitative estimate of drug-likeness (QED) is 0.811. The molecule has 1 amide bonds. The molecule has 0 aromatic carbocycles. The number of aryl methyl sites for hydroxylation is 1. The van der Waals surface area contributed by atoms with Gasteiger partial charge in [0.25, 0.3) is 0 Å². The number of hydrogen-bond donors (Lipinski definition) is 2. The topological polar surface area (TPSA) is 81.6 Å². The van der Waals surface area contributed by atoms with E-state index in [1.54, 1.807) is 11.8 Å². The number of β-amino-alcohol motifs (C(OH)–C–C–N with tert-alkyl or cyclic N) is 1. The fraction of sp³-hybridized carbons (Fsp3) is 0.722. The first kappa shape index (κ1) is 18.1. The monoisotopic (exact) mass is 347 g/mol. The Balaban J connectivity index is 1.41. The van der Waals surface area contributed by atoms with Crippen molar-refractivity contribution in [2.45, 2.75) is 38.7 Å². The Hall–Kier alpha value is -1.73. The van der Waals surface area contributed by atoms with E-state index in [0.29, 0.717) is 19.0 Å². The first-order chi connectivity index (χ1) is 12.0. The summed E-state index contributed by atoms with van der Waals surface area (Å²) in [5, 5.41) is 22.6. The zero-order valence-electron chi connectivity index (χ0n) is 15.2. The number of nitrogens with one attached hydrogen (secondary N) is 1. The van der Waals surface area contributed by atoms with Gasteiger partial charge in [-0.05, 0) is 38.3 Å². The van der Waals surface area contributed by atoms with E-state index in [1.807, 2.05) is 19.1 Å². The molecule has 138 valence electrons. The van der Waals surface area contributed by atoms with Crippen molar-refractivity contribution in [1.82, 2.24) is 20.4 Å². The molecule has 2 saturated heterocycles. The number of anilines is 1. The second-order valence-electron chi connectivity index (χ2n) is 7.56. The van der Waals surface area contributed by atoms with Gasteiger partial charge in [0.1, 0.15) is 0 Å². The lowest BCUT2D eigenvalue weighted by Gasteiger charge is -2.40. The van der Waals surface area contributed by atoms with E-state index in [0.717, 1.165) is 57.0 Å². The van der Waals surface area contributed by atoms with E-state index in [4.69, 9.17) is 0 Å². The third kappa shape index (κ3) is 4.67. The molecule has 7 heteroatoms. The Morgan fingerprint density at radius 1 is 1.36 bits per heavy atom. The number of rotatable bonds is 5. The highest BCUT2D eigenvalue weighted by Crippen LogP contribution is 2.23. The van der Waals surface area contributed by atoms with Crippen LogP contribution in [0.3, 0.4) is 0 Å². The third-order valence-electron chi connectivity index (χ3n) is 5.20. The summed E-state index contributed by atoms with van der Waals surface area (Å²) >= 11 is 0. The van der Waals surface area contributed by atoms with Gasteiger partial charge in [-0.3, -0.25) is 4.79 Å². The van der Waals surface area contributed by atoms with Crippen LogP contribution in [0.4, 0.5) is 5.82 Å². The number of carbonyl (C=O) groups is 1. The van der Waals surface area contributed by atoms with Crippen LogP contribution >= 0.6 is 0 Å². The largest absolute Gasteiger partial charge is 0.387 e. The van der Waals surface area contributed by atoms with E-state index in [-0.39, 0.29) is 5.91 Å². The van der Waals surface area contributed by atoms with Crippen LogP contribution < -0.4 is 10.2 Å². The van der Waals surface area contributed by atoms with E-state index in [9.17, 15) is 9.90 Å². The predicted octanol–water partition coefficient (Wildman–Crippen LogP) is 0.574. The molecule has 2 fully saturated rings. The highest BCUT2D eigenvalue weighted by Gasteiger charge is 2.33. The number of amides is 1. The second-order valence-corrected chi connectivity index (χ2v) is 7.56. The van der Waals surface area contributed by atoms with Crippen molar-refractivity contribution in [2.24, 2.45) is 5.92 Å². The molecule has 3 rings (SSSR count). The van der Waals surface area contributed by atoms with Crippen molar-refractivity contribution in [3.8, 4) is 0 Å². The standard InChI is InChI=1S/C18H29N5O2/c1-14-5-6-17(21-20-14)23-10-16(11-23)9-19-12-18(25)7-3-4-8-22(13-18)15(2)24/h5-6,16,19,25H,3-4,7-13H2,1-2H3. The Morgan fingerprint density at radius 3 is 2.84 bits per heavy atom. The summed E-state index contributed by atoms with van der Waals surface area (Å²) in [5.74, 6) is 1.54. The number of nitrogens with zero attached hydrogens (tertiary/aromatic N) is 4. The molecule has 1 aromatic rings. The fourth-order valence-electron chi connectivity index (χ4n) is 3.64. The van der Waals surface area contributed by atoms with Gasteiger partial charge < -0.3 is 20.2 Å². The maximum Gasteiger partial charge on any atom is 0.219 e. The van der Waals surface area contributed by atoms with Gasteiger partial charge in [-0.15, -0.1) is 5.10 Å². The van der Waals surface area contributed by atoms with Crippen LogP contribution in [0.15, 0.2) is 12.1 Å². The molecule has 1 aromatic heterocycles. The molecular formula is C18H29N5O2. The van der Waals surface area contributed by atoms with Crippen LogP contribution in [0.2, 0.25) is 0 Å². The molecule has 7 nitrogen and oxygen atoms in total. The Kier molecular flexibility index (Phi) is 5.54. The molecule has 0 aliphatic carbocycles. The summed E-state index contributed by atoms with van der Waals surface area (Å²) in [6.07, 6.45) is 2.68. The molecule has 2 aliphatic rings. The minimum Gasteiger partial charge on any atom is -0.387 e. The van der Waals surface area contributed by atoms with Crippen LogP contribution in [0, 0.1) is 12.8 Å². The molecule has 25 heavy (non-hydrogen) atoms. The van der Waals surface area contributed by atoms with Crippen molar-refractivity contribution in [1.29, 1.82) is 0 Å². The van der Waals surface area contributed by atoms with E-state index in [1.165, 1.54) is 0 Å². The van der Waals surface area contributed by atoms with Crippen LogP contribution in [0.1, 0.15) is 31.9 Å². The average molecular weight is 347 g/mol. The van der Waals surface area contributed by atoms with Crippen LogP contribution in [-0.2, 0) is 4.79 Å². The molecule has 0 radical (unpaired) electrons. The predicted molar refractivity (Wildman–Crippen MR) is 96.4 cm³/mol. The molecule has 0 saturated carbocycles. The lowest BCUT2D eigenvalue weighted by Crippen LogP contribution is -2.54. The summed E-state index contributed by atoms with van der Waals surface area (Å²) < 4.78 is 0. The first-order valence-corrected chi connectivity index (χ1v) is 9.19. The Morgan fingerprint density at radius 2 is 2.16 bits per heavy atom. The van der Waals surface area contributed by atoms with Gasteiger partial charge in [-0.25, -0.2) is 0 Å². The highest BCUT2D eigenvalue weighted by atomic mass is 16.3. The lowest BCUT2D eigenvalue weighted by molar-refractivity contribution is -0.131. The van der Waals surface area contributed by atoms with Crippen LogP contribution in [-0.4, -0.2) is 71.0 Å². The Labute approximate surface area is 149 Å². The number of aromatic nitrogens is 2. The molecule has 0 bridgehead atoms. The highest BCUT2D eigenvalue weighted by molar-refractivity contribution is 5.73. The smallest absolute Gasteiger partial charge is 0.219 e. The molecule has 1 unspecified atom stereocenters. The number of hydrogen-bond acceptors (Lipinski definition) is 6. The third-order valence-corrected chi connectivity index (χ3v) is 5.20. The van der Waals surface area contributed by atoms with Crippen molar-refractivity contribution in [2.75, 3.05) is 44.2 Å². The van der Waals surface area contributed by atoms with Crippen molar-refractivity contribution in [3.05, 3.63) is 17.8 Å². The maximum atomic E-state index is 11.6. The maximum absolute atomic E-state index is 11.6. The number of likely N-dealkylation sites (tertiary alicyclic amines) is 1. The normalized spacial score (nSPS) is 24.8. The van der Waals surface area contributed by atoms with Gasteiger partial charge in [0.15, 0.2) is 5.82 Å². The van der Waals surface area contributed by atoms with Crippen molar-refractivity contribution >= 4 is 11.7 Å². The van der Waals surface area contributed by atoms with Gasteiger partial charge in [0, 0.05) is 45.6 Å². The summed E-state index contributed by atoms with van der Waals surface area (Å²) in [7, 11) is 0. The minimum absolute atomic E-state index is 0.0502. The lowest BCUT2D eigenvalue weighted by atomic mass is 9.96. The van der Waals surface area contributed by atoms with Crippen LogP contribution in [0.5, 0.6) is 0 Å². The molecule has 2 N–H and O–H groups in total.